The molecule has 4 aromatic heterocycles. The van der Waals surface area contributed by atoms with E-state index in [4.69, 9.17) is 18.9 Å². The van der Waals surface area contributed by atoms with Crippen LogP contribution in [-0.4, -0.2) is 58.3 Å². The molecule has 0 amide bonds. The lowest BCUT2D eigenvalue weighted by molar-refractivity contribution is 0.415. The van der Waals surface area contributed by atoms with Gasteiger partial charge in [-0.15, -0.1) is 0 Å². The van der Waals surface area contributed by atoms with Gasteiger partial charge in [-0.2, -0.15) is 0 Å². The smallest absolute Gasteiger partial charge is 0.141 e. The number of imidazole rings is 2. The Hall–Kier alpha value is -8.50. The summed E-state index contributed by atoms with van der Waals surface area (Å²) in [6.45, 7) is 0. The highest BCUT2D eigenvalue weighted by atomic mass is 16.5. The van der Waals surface area contributed by atoms with Gasteiger partial charge in [0.25, 0.3) is 0 Å². The maximum absolute atomic E-state index is 5.47. The van der Waals surface area contributed by atoms with Gasteiger partial charge in [-0.1, -0.05) is 84.9 Å². The van der Waals surface area contributed by atoms with Crippen LogP contribution < -0.4 is 18.9 Å². The Morgan fingerprint density at radius 3 is 1.17 bits per heavy atom. The molecule has 10 heteroatoms. The summed E-state index contributed by atoms with van der Waals surface area (Å²) in [6.07, 6.45) is 7.78. The molecule has 316 valence electrons. The number of aromatic amines is 4. The number of nitrogens with zero attached hydrogens (tertiary/aromatic N) is 2. The van der Waals surface area contributed by atoms with E-state index >= 15 is 0 Å². The predicted molar refractivity (Wildman–Crippen MR) is 256 cm³/mol. The van der Waals surface area contributed by atoms with Gasteiger partial charge in [-0.05, 0) is 95.1 Å². The Morgan fingerprint density at radius 2 is 0.734 bits per heavy atom. The van der Waals surface area contributed by atoms with Crippen LogP contribution in [0.4, 0.5) is 0 Å². The molecule has 0 saturated heterocycles. The van der Waals surface area contributed by atoms with Crippen LogP contribution in [0, 0.1) is 0 Å². The molecule has 0 aliphatic carbocycles. The van der Waals surface area contributed by atoms with Crippen molar-refractivity contribution in [1.82, 2.24) is 29.9 Å². The van der Waals surface area contributed by atoms with Crippen molar-refractivity contribution in [3.63, 3.8) is 0 Å². The second-order valence-corrected chi connectivity index (χ2v) is 14.9. The zero-order valence-electron chi connectivity index (χ0n) is 35.8. The van der Waals surface area contributed by atoms with Crippen LogP contribution >= 0.6 is 0 Å². The molecular weight excluding hydrogens is 797 g/mol. The Bertz CT molecular complexity index is 2950. The van der Waals surface area contributed by atoms with Crippen LogP contribution in [0.1, 0.15) is 0 Å². The molecule has 0 spiro atoms. The quantitative estimate of drug-likeness (QED) is 0.0970. The van der Waals surface area contributed by atoms with Crippen molar-refractivity contribution < 1.29 is 18.9 Å². The second kappa shape index (κ2) is 18.6. The van der Waals surface area contributed by atoms with E-state index in [1.165, 1.54) is 0 Å². The fraction of sp³-hybridized carbons (Fsp3) is 0.0741. The number of nitrogens with one attached hydrogen (secondary N) is 4. The number of hydrogen-bond donors (Lipinski definition) is 4. The molecule has 6 aromatic carbocycles. The summed E-state index contributed by atoms with van der Waals surface area (Å²) < 4.78 is 21.6. The third kappa shape index (κ3) is 8.79. The average molecular weight is 843 g/mol. The first kappa shape index (κ1) is 40.9. The Balaban J connectivity index is 0.000000162. The molecule has 0 atom stereocenters. The van der Waals surface area contributed by atoms with E-state index in [9.17, 15) is 0 Å². The molecule has 10 rings (SSSR count). The van der Waals surface area contributed by atoms with Gasteiger partial charge in [0, 0.05) is 46.0 Å². The highest BCUT2D eigenvalue weighted by Crippen LogP contribution is 2.35. The van der Waals surface area contributed by atoms with E-state index < -0.39 is 0 Å². The van der Waals surface area contributed by atoms with Crippen LogP contribution in [0.25, 0.3) is 90.1 Å². The monoisotopic (exact) mass is 842 g/mol. The summed E-state index contributed by atoms with van der Waals surface area (Å²) in [5.74, 6) is 4.79. The summed E-state index contributed by atoms with van der Waals surface area (Å²) in [5, 5.41) is 0. The molecule has 0 radical (unpaired) electrons. The van der Waals surface area contributed by atoms with Crippen LogP contribution in [0.15, 0.2) is 183 Å². The molecule has 0 aliphatic rings. The molecule has 0 saturated carbocycles. The molecule has 0 unspecified atom stereocenters. The van der Waals surface area contributed by atoms with Crippen molar-refractivity contribution in [2.75, 3.05) is 28.4 Å². The first-order valence-corrected chi connectivity index (χ1v) is 20.7. The number of para-hydroxylation sites is 2. The normalized spacial score (nSPS) is 10.8. The first-order valence-electron chi connectivity index (χ1n) is 20.7. The Kier molecular flexibility index (Phi) is 11.9. The maximum Gasteiger partial charge on any atom is 0.141 e. The lowest BCUT2D eigenvalue weighted by Crippen LogP contribution is -1.89. The van der Waals surface area contributed by atoms with Gasteiger partial charge in [0.1, 0.15) is 34.6 Å². The number of aromatic nitrogens is 6. The third-order valence-corrected chi connectivity index (χ3v) is 11.0. The maximum atomic E-state index is 5.47. The molecule has 64 heavy (non-hydrogen) atoms. The van der Waals surface area contributed by atoms with Crippen molar-refractivity contribution in [2.24, 2.45) is 0 Å². The van der Waals surface area contributed by atoms with Gasteiger partial charge < -0.3 is 38.9 Å². The van der Waals surface area contributed by atoms with Crippen molar-refractivity contribution in [3.05, 3.63) is 183 Å². The number of hydrogen-bond acceptors (Lipinski definition) is 6. The SMILES string of the molecule is COc1cccc(-c2cc(-c3cccc(-c4c[nH]c(-c5cccc(OC)c5)c4)c3)c[nH]2)c1.COc1ccccc1-c1ncc(-c2cccc(-c3cnc(-c4ccccc4OC)[nH]3)c2)[nH]1. The molecule has 10 nitrogen and oxygen atoms in total. The number of H-pyrrole nitrogens is 4. The average Bonchev–Trinajstić information content (AvgIpc) is 4.23. The zero-order chi connectivity index (χ0) is 43.8. The molecule has 0 fully saturated rings. The number of ether oxygens (including phenoxy) is 4. The Morgan fingerprint density at radius 1 is 0.344 bits per heavy atom. The number of methoxy groups -OCH3 is 4. The molecule has 4 N–H and O–H groups in total. The topological polar surface area (TPSA) is 126 Å². The van der Waals surface area contributed by atoms with E-state index in [1.54, 1.807) is 28.4 Å². The highest BCUT2D eigenvalue weighted by molar-refractivity contribution is 5.79. The third-order valence-electron chi connectivity index (χ3n) is 11.0. The van der Waals surface area contributed by atoms with Crippen LogP contribution in [-0.2, 0) is 0 Å². The zero-order valence-corrected chi connectivity index (χ0v) is 35.8. The molecule has 4 heterocycles. The van der Waals surface area contributed by atoms with E-state index in [1.807, 2.05) is 116 Å². The van der Waals surface area contributed by atoms with Gasteiger partial charge in [0.05, 0.1) is 63.3 Å². The van der Waals surface area contributed by atoms with E-state index in [2.05, 4.69) is 96.6 Å². The van der Waals surface area contributed by atoms with Gasteiger partial charge in [-0.25, -0.2) is 9.97 Å². The minimum Gasteiger partial charge on any atom is -0.497 e. The van der Waals surface area contributed by atoms with Gasteiger partial charge in [-0.3, -0.25) is 0 Å². The van der Waals surface area contributed by atoms with E-state index in [0.29, 0.717) is 0 Å². The van der Waals surface area contributed by atoms with Crippen molar-refractivity contribution in [1.29, 1.82) is 0 Å². The van der Waals surface area contributed by atoms with Crippen LogP contribution in [0.3, 0.4) is 0 Å². The van der Waals surface area contributed by atoms with Crippen LogP contribution in [0.5, 0.6) is 23.0 Å². The largest absolute Gasteiger partial charge is 0.497 e. The second-order valence-electron chi connectivity index (χ2n) is 14.9. The summed E-state index contributed by atoms with van der Waals surface area (Å²) in [6, 6.07) is 53.0. The van der Waals surface area contributed by atoms with Crippen molar-refractivity contribution in [3.8, 4) is 113 Å². The van der Waals surface area contributed by atoms with Gasteiger partial charge in [0.15, 0.2) is 0 Å². The van der Waals surface area contributed by atoms with Crippen LogP contribution in [0.2, 0.25) is 0 Å². The number of rotatable bonds is 12. The standard InChI is InChI=1S/C28H24N2O2.C26H22N4O2/c1-31-25-10-4-8-21(13-25)27-15-23(17-29-27)19-6-3-7-20(12-19)24-16-28(30-18-24)22-9-5-11-26(14-22)32-2;1-31-23-12-5-3-10-19(23)25-27-15-21(29-25)17-8-7-9-18(14-17)22-16-28-26(30-22)20-11-4-6-13-24(20)32-2/h3-18,29-30H,1-2H3;3-16H,1-2H3,(H,27,29)(H,28,30). The molecule has 0 bridgehead atoms. The van der Waals surface area contributed by atoms with Gasteiger partial charge in [0.2, 0.25) is 0 Å². The van der Waals surface area contributed by atoms with Crippen molar-refractivity contribution >= 4 is 0 Å². The van der Waals surface area contributed by atoms with Crippen molar-refractivity contribution in [2.45, 2.75) is 0 Å². The first-order chi connectivity index (χ1) is 31.5. The lowest BCUT2D eigenvalue weighted by atomic mass is 10.0. The molecule has 0 aliphatic heterocycles. The van der Waals surface area contributed by atoms with Gasteiger partial charge >= 0.3 is 0 Å². The Labute approximate surface area is 371 Å². The minimum atomic E-state index is 0.767. The summed E-state index contributed by atoms with van der Waals surface area (Å²) in [5.41, 5.74) is 14.7. The fourth-order valence-corrected chi connectivity index (χ4v) is 7.66. The molecule has 10 aromatic rings. The fourth-order valence-electron chi connectivity index (χ4n) is 7.66. The summed E-state index contributed by atoms with van der Waals surface area (Å²) in [4.78, 5) is 22.7. The van der Waals surface area contributed by atoms with E-state index in [0.717, 1.165) is 113 Å². The minimum absolute atomic E-state index is 0.767. The number of benzene rings is 6. The summed E-state index contributed by atoms with van der Waals surface area (Å²) in [7, 11) is 6.70. The van der Waals surface area contributed by atoms with E-state index in [-0.39, 0.29) is 0 Å². The predicted octanol–water partition coefficient (Wildman–Crippen LogP) is 12.8. The molecular formula is C54H46N6O4. The highest BCUT2D eigenvalue weighted by Gasteiger charge is 2.14. The summed E-state index contributed by atoms with van der Waals surface area (Å²) >= 11 is 0. The lowest BCUT2D eigenvalue weighted by Gasteiger charge is -2.06.